The molecule has 0 spiro atoms. The number of aromatic nitrogens is 1. The maximum absolute atomic E-state index is 9.07. The molecule has 0 bridgehead atoms. The lowest BCUT2D eigenvalue weighted by Crippen LogP contribution is -2.01. The molecular formula is C10H15NO2. The Morgan fingerprint density at radius 2 is 2.31 bits per heavy atom. The predicted octanol–water partition coefficient (Wildman–Crippen LogP) is 1.40. The van der Waals surface area contributed by atoms with Crippen LogP contribution in [0.3, 0.4) is 0 Å². The van der Waals surface area contributed by atoms with Crippen molar-refractivity contribution in [2.24, 2.45) is 0 Å². The molecule has 1 atom stereocenters. The van der Waals surface area contributed by atoms with Gasteiger partial charge in [0.05, 0.1) is 13.2 Å². The van der Waals surface area contributed by atoms with Gasteiger partial charge in [-0.2, -0.15) is 0 Å². The Morgan fingerprint density at radius 1 is 1.54 bits per heavy atom. The Balaban J connectivity index is 2.49. The van der Waals surface area contributed by atoms with Gasteiger partial charge in [-0.1, -0.05) is 6.07 Å². The smallest absolute Gasteiger partial charge is 0.212 e. The van der Waals surface area contributed by atoms with Crippen molar-refractivity contribution in [2.75, 3.05) is 7.11 Å². The quantitative estimate of drug-likeness (QED) is 0.763. The Labute approximate surface area is 78.4 Å². The zero-order chi connectivity index (χ0) is 9.68. The van der Waals surface area contributed by atoms with Gasteiger partial charge >= 0.3 is 0 Å². The molecule has 3 heteroatoms. The van der Waals surface area contributed by atoms with Crippen molar-refractivity contribution >= 4 is 0 Å². The minimum Gasteiger partial charge on any atom is -0.481 e. The third-order valence-corrected chi connectivity index (χ3v) is 1.86. The number of nitrogens with zero attached hydrogens (tertiary/aromatic N) is 1. The molecule has 1 unspecified atom stereocenters. The fourth-order valence-electron chi connectivity index (χ4n) is 1.06. The van der Waals surface area contributed by atoms with Crippen LogP contribution in [0.5, 0.6) is 5.88 Å². The molecular weight excluding hydrogens is 166 g/mol. The van der Waals surface area contributed by atoms with Crippen LogP contribution >= 0.6 is 0 Å². The van der Waals surface area contributed by atoms with Gasteiger partial charge in [-0.25, -0.2) is 4.98 Å². The summed E-state index contributed by atoms with van der Waals surface area (Å²) < 4.78 is 4.93. The lowest BCUT2D eigenvalue weighted by molar-refractivity contribution is 0.185. The lowest BCUT2D eigenvalue weighted by Gasteiger charge is -2.04. The Bertz CT molecular complexity index is 244. The topological polar surface area (TPSA) is 42.4 Å². The first-order valence-corrected chi connectivity index (χ1v) is 4.39. The summed E-state index contributed by atoms with van der Waals surface area (Å²) in [5, 5.41) is 9.07. The third kappa shape index (κ3) is 3.42. The highest BCUT2D eigenvalue weighted by atomic mass is 16.5. The van der Waals surface area contributed by atoms with Gasteiger partial charge in [-0.15, -0.1) is 0 Å². The van der Waals surface area contributed by atoms with Crippen molar-refractivity contribution in [1.29, 1.82) is 0 Å². The molecule has 0 aliphatic carbocycles. The molecule has 0 aromatic carbocycles. The lowest BCUT2D eigenvalue weighted by atomic mass is 10.1. The second-order valence-corrected chi connectivity index (χ2v) is 3.10. The second-order valence-electron chi connectivity index (χ2n) is 3.10. The zero-order valence-corrected chi connectivity index (χ0v) is 8.03. The molecule has 1 N–H and O–H groups in total. The van der Waals surface area contributed by atoms with Crippen LogP contribution in [0.1, 0.15) is 18.9 Å². The van der Waals surface area contributed by atoms with E-state index in [1.54, 1.807) is 20.2 Å². The summed E-state index contributed by atoms with van der Waals surface area (Å²) in [7, 11) is 1.60. The van der Waals surface area contributed by atoms with Gasteiger partial charge in [0.1, 0.15) is 0 Å². The van der Waals surface area contributed by atoms with E-state index in [1.165, 1.54) is 0 Å². The fraction of sp³-hybridized carbons (Fsp3) is 0.500. The highest BCUT2D eigenvalue weighted by molar-refractivity contribution is 5.17. The van der Waals surface area contributed by atoms with Crippen molar-refractivity contribution in [3.63, 3.8) is 0 Å². The van der Waals surface area contributed by atoms with Crippen molar-refractivity contribution in [3.05, 3.63) is 23.9 Å². The number of hydrogen-bond donors (Lipinski definition) is 1. The Kier molecular flexibility index (Phi) is 3.71. The van der Waals surface area contributed by atoms with E-state index < -0.39 is 0 Å². The van der Waals surface area contributed by atoms with Crippen LogP contribution in [0.25, 0.3) is 0 Å². The van der Waals surface area contributed by atoms with Gasteiger partial charge in [-0.3, -0.25) is 0 Å². The molecule has 0 amide bonds. The summed E-state index contributed by atoms with van der Waals surface area (Å²) in [4.78, 5) is 4.07. The maximum Gasteiger partial charge on any atom is 0.212 e. The fourth-order valence-corrected chi connectivity index (χ4v) is 1.06. The van der Waals surface area contributed by atoms with E-state index in [0.717, 1.165) is 18.4 Å². The molecule has 1 aromatic rings. The van der Waals surface area contributed by atoms with Crippen LogP contribution < -0.4 is 4.74 Å². The minimum atomic E-state index is -0.248. The van der Waals surface area contributed by atoms with Crippen LogP contribution in [0.2, 0.25) is 0 Å². The van der Waals surface area contributed by atoms with Gasteiger partial charge in [-0.05, 0) is 25.3 Å². The van der Waals surface area contributed by atoms with Crippen LogP contribution in [-0.4, -0.2) is 23.3 Å². The molecule has 0 saturated carbocycles. The largest absolute Gasteiger partial charge is 0.481 e. The van der Waals surface area contributed by atoms with Crippen molar-refractivity contribution < 1.29 is 9.84 Å². The highest BCUT2D eigenvalue weighted by Gasteiger charge is 1.98. The van der Waals surface area contributed by atoms with Gasteiger partial charge in [0, 0.05) is 12.3 Å². The predicted molar refractivity (Wildman–Crippen MR) is 50.8 cm³/mol. The molecule has 0 saturated heterocycles. The number of rotatable bonds is 4. The van der Waals surface area contributed by atoms with Crippen LogP contribution in [0.4, 0.5) is 0 Å². The molecule has 0 radical (unpaired) electrons. The molecule has 1 heterocycles. The van der Waals surface area contributed by atoms with E-state index in [-0.39, 0.29) is 6.10 Å². The second kappa shape index (κ2) is 4.82. The van der Waals surface area contributed by atoms with E-state index in [4.69, 9.17) is 9.84 Å². The molecule has 3 nitrogen and oxygen atoms in total. The molecule has 1 rings (SSSR count). The first-order valence-electron chi connectivity index (χ1n) is 4.39. The Morgan fingerprint density at radius 3 is 2.77 bits per heavy atom. The van der Waals surface area contributed by atoms with E-state index in [2.05, 4.69) is 4.98 Å². The van der Waals surface area contributed by atoms with Crippen LogP contribution in [0, 0.1) is 0 Å². The molecule has 72 valence electrons. The van der Waals surface area contributed by atoms with Gasteiger partial charge < -0.3 is 9.84 Å². The SMILES string of the molecule is COc1ccc(CCC(C)O)cn1. The van der Waals surface area contributed by atoms with E-state index in [9.17, 15) is 0 Å². The summed E-state index contributed by atoms with van der Waals surface area (Å²) in [5.41, 5.74) is 1.13. The summed E-state index contributed by atoms with van der Waals surface area (Å²) in [6.45, 7) is 1.79. The van der Waals surface area contributed by atoms with Crippen molar-refractivity contribution in [2.45, 2.75) is 25.9 Å². The number of pyridine rings is 1. The van der Waals surface area contributed by atoms with E-state index >= 15 is 0 Å². The molecule has 0 aliphatic rings. The maximum atomic E-state index is 9.07. The molecule has 1 aromatic heterocycles. The number of aliphatic hydroxyl groups is 1. The van der Waals surface area contributed by atoms with Crippen LogP contribution in [-0.2, 0) is 6.42 Å². The first kappa shape index (κ1) is 9.99. The van der Waals surface area contributed by atoms with Crippen molar-refractivity contribution in [1.82, 2.24) is 4.98 Å². The van der Waals surface area contributed by atoms with Gasteiger partial charge in [0.25, 0.3) is 0 Å². The van der Waals surface area contributed by atoms with Gasteiger partial charge in [0.15, 0.2) is 0 Å². The average molecular weight is 181 g/mol. The number of aryl methyl sites for hydroxylation is 1. The summed E-state index contributed by atoms with van der Waals surface area (Å²) >= 11 is 0. The molecule has 13 heavy (non-hydrogen) atoms. The van der Waals surface area contributed by atoms with Crippen molar-refractivity contribution in [3.8, 4) is 5.88 Å². The minimum absolute atomic E-state index is 0.248. The molecule has 0 aliphatic heterocycles. The Hall–Kier alpha value is -1.09. The first-order chi connectivity index (χ1) is 6.22. The summed E-state index contributed by atoms with van der Waals surface area (Å²) in [5.74, 6) is 0.626. The highest BCUT2D eigenvalue weighted by Crippen LogP contribution is 2.09. The number of hydrogen-bond acceptors (Lipinski definition) is 3. The summed E-state index contributed by atoms with van der Waals surface area (Å²) in [6, 6.07) is 3.80. The standard InChI is InChI=1S/C10H15NO2/c1-8(12)3-4-9-5-6-10(13-2)11-7-9/h5-8,12H,3-4H2,1-2H3. The van der Waals surface area contributed by atoms with Gasteiger partial charge in [0.2, 0.25) is 5.88 Å². The average Bonchev–Trinajstić information content (AvgIpc) is 2.15. The number of aliphatic hydroxyl groups excluding tert-OH is 1. The number of ether oxygens (including phenoxy) is 1. The monoisotopic (exact) mass is 181 g/mol. The van der Waals surface area contributed by atoms with E-state index in [0.29, 0.717) is 5.88 Å². The third-order valence-electron chi connectivity index (χ3n) is 1.86. The van der Waals surface area contributed by atoms with Crippen LogP contribution in [0.15, 0.2) is 18.3 Å². The zero-order valence-electron chi connectivity index (χ0n) is 8.03. The van der Waals surface area contributed by atoms with E-state index in [1.807, 2.05) is 12.1 Å². The summed E-state index contributed by atoms with van der Waals surface area (Å²) in [6.07, 6.45) is 3.16. The number of methoxy groups -OCH3 is 1. The normalized spacial score (nSPS) is 12.5. The molecule has 0 fully saturated rings.